The third-order valence-corrected chi connectivity index (χ3v) is 4.21. The molecule has 0 bridgehead atoms. The maximum Gasteiger partial charge on any atom is 0.105 e. The summed E-state index contributed by atoms with van der Waals surface area (Å²) in [6, 6.07) is 3.18. The fourth-order valence-electron chi connectivity index (χ4n) is 2.99. The fourth-order valence-corrected chi connectivity index (χ4v) is 2.99. The molecular weight excluding hydrogens is 222 g/mol. The molecule has 1 fully saturated rings. The van der Waals surface area contributed by atoms with E-state index in [4.69, 9.17) is 0 Å². The second-order valence-electron chi connectivity index (χ2n) is 5.64. The highest BCUT2D eigenvalue weighted by molar-refractivity contribution is 5.03. The topological polar surface area (TPSA) is 39.1 Å². The van der Waals surface area contributed by atoms with Crippen LogP contribution in [0.25, 0.3) is 0 Å². The molecule has 0 saturated heterocycles. The van der Waals surface area contributed by atoms with Gasteiger partial charge in [-0.25, -0.2) is 0 Å². The minimum Gasteiger partial charge on any atom is -0.301 e. The van der Waals surface area contributed by atoms with E-state index < -0.39 is 0 Å². The van der Waals surface area contributed by atoms with Crippen LogP contribution >= 0.6 is 0 Å². The predicted octanol–water partition coefficient (Wildman–Crippen LogP) is 2.92. The highest BCUT2D eigenvalue weighted by Gasteiger charge is 2.25. The third kappa shape index (κ3) is 4.59. The van der Waals surface area contributed by atoms with Crippen molar-refractivity contribution in [3.05, 3.63) is 0 Å². The summed E-state index contributed by atoms with van der Waals surface area (Å²) in [5.74, 6) is 0. The van der Waals surface area contributed by atoms with E-state index in [-0.39, 0.29) is 5.54 Å². The van der Waals surface area contributed by atoms with E-state index in [2.05, 4.69) is 30.1 Å². The summed E-state index contributed by atoms with van der Waals surface area (Å²) < 4.78 is 0. The Kier molecular flexibility index (Phi) is 6.67. The number of nitrogens with zero attached hydrogens (tertiary/aromatic N) is 2. The second kappa shape index (κ2) is 7.76. The summed E-state index contributed by atoms with van der Waals surface area (Å²) in [4.78, 5) is 2.58. The molecule has 1 atom stereocenters. The standard InChI is InChI=1S/C15H29N3/c1-4-17-15(3,13-16)11-12-18(5-2)14-9-7-6-8-10-14/h14,17H,4-12H2,1-3H3. The molecule has 1 rings (SSSR count). The van der Waals surface area contributed by atoms with Crippen LogP contribution in [0, 0.1) is 11.3 Å². The van der Waals surface area contributed by atoms with Crippen LogP contribution in [0.5, 0.6) is 0 Å². The van der Waals surface area contributed by atoms with Gasteiger partial charge in [0.15, 0.2) is 0 Å². The van der Waals surface area contributed by atoms with Crippen molar-refractivity contribution in [3.63, 3.8) is 0 Å². The smallest absolute Gasteiger partial charge is 0.105 e. The summed E-state index contributed by atoms with van der Waals surface area (Å²) in [7, 11) is 0. The van der Waals surface area contributed by atoms with Crippen molar-refractivity contribution >= 4 is 0 Å². The van der Waals surface area contributed by atoms with Gasteiger partial charge < -0.3 is 4.90 Å². The molecule has 0 aromatic carbocycles. The summed E-state index contributed by atoms with van der Waals surface area (Å²) in [5.41, 5.74) is -0.364. The van der Waals surface area contributed by atoms with Crippen molar-refractivity contribution in [2.75, 3.05) is 19.6 Å². The zero-order chi connectivity index (χ0) is 13.4. The largest absolute Gasteiger partial charge is 0.301 e. The van der Waals surface area contributed by atoms with Gasteiger partial charge >= 0.3 is 0 Å². The molecule has 1 N–H and O–H groups in total. The van der Waals surface area contributed by atoms with Crippen LogP contribution in [0.2, 0.25) is 0 Å². The van der Waals surface area contributed by atoms with E-state index in [1.54, 1.807) is 0 Å². The van der Waals surface area contributed by atoms with Crippen LogP contribution in [0.15, 0.2) is 0 Å². The molecule has 1 aliphatic rings. The molecule has 0 aliphatic heterocycles. The van der Waals surface area contributed by atoms with Gasteiger partial charge in [-0.1, -0.05) is 33.1 Å². The monoisotopic (exact) mass is 251 g/mol. The van der Waals surface area contributed by atoms with Gasteiger partial charge in [0.1, 0.15) is 5.54 Å². The first-order chi connectivity index (χ1) is 8.65. The average molecular weight is 251 g/mol. The summed E-state index contributed by atoms with van der Waals surface area (Å²) in [6.07, 6.45) is 7.77. The summed E-state index contributed by atoms with van der Waals surface area (Å²) >= 11 is 0. The zero-order valence-electron chi connectivity index (χ0n) is 12.3. The van der Waals surface area contributed by atoms with Crippen molar-refractivity contribution in [2.24, 2.45) is 0 Å². The molecule has 1 unspecified atom stereocenters. The lowest BCUT2D eigenvalue weighted by Crippen LogP contribution is -2.46. The molecule has 3 nitrogen and oxygen atoms in total. The Morgan fingerprint density at radius 1 is 1.28 bits per heavy atom. The van der Waals surface area contributed by atoms with Gasteiger partial charge in [-0.15, -0.1) is 0 Å². The Bertz CT molecular complexity index is 265. The number of hydrogen-bond donors (Lipinski definition) is 1. The first-order valence-electron chi connectivity index (χ1n) is 7.55. The third-order valence-electron chi connectivity index (χ3n) is 4.21. The maximum atomic E-state index is 9.28. The van der Waals surface area contributed by atoms with E-state index in [1.807, 2.05) is 6.92 Å². The van der Waals surface area contributed by atoms with Gasteiger partial charge in [0.05, 0.1) is 6.07 Å². The molecule has 0 aromatic rings. The first-order valence-corrected chi connectivity index (χ1v) is 7.55. The number of nitriles is 1. The van der Waals surface area contributed by atoms with Crippen molar-refractivity contribution in [3.8, 4) is 6.07 Å². The summed E-state index contributed by atoms with van der Waals surface area (Å²) in [6.45, 7) is 9.33. The molecule has 0 aromatic heterocycles. The Morgan fingerprint density at radius 3 is 2.44 bits per heavy atom. The quantitative estimate of drug-likeness (QED) is 0.756. The molecule has 3 heteroatoms. The average Bonchev–Trinajstić information content (AvgIpc) is 2.41. The molecular formula is C15H29N3. The van der Waals surface area contributed by atoms with Gasteiger partial charge in [-0.2, -0.15) is 5.26 Å². The number of hydrogen-bond acceptors (Lipinski definition) is 3. The number of nitrogens with one attached hydrogen (secondary N) is 1. The minimum atomic E-state index is -0.364. The lowest BCUT2D eigenvalue weighted by Gasteiger charge is -2.35. The Balaban J connectivity index is 2.45. The lowest BCUT2D eigenvalue weighted by atomic mass is 9.93. The van der Waals surface area contributed by atoms with Crippen LogP contribution in [-0.4, -0.2) is 36.1 Å². The van der Waals surface area contributed by atoms with E-state index >= 15 is 0 Å². The van der Waals surface area contributed by atoms with Crippen LogP contribution in [-0.2, 0) is 0 Å². The van der Waals surface area contributed by atoms with E-state index in [9.17, 15) is 5.26 Å². The summed E-state index contributed by atoms with van der Waals surface area (Å²) in [5, 5.41) is 12.6. The van der Waals surface area contributed by atoms with Gasteiger partial charge in [0.25, 0.3) is 0 Å². The van der Waals surface area contributed by atoms with E-state index in [0.717, 1.165) is 32.1 Å². The molecule has 0 amide bonds. The number of rotatable bonds is 7. The van der Waals surface area contributed by atoms with Crippen LogP contribution in [0.1, 0.15) is 59.3 Å². The molecule has 0 heterocycles. The first kappa shape index (κ1) is 15.5. The predicted molar refractivity (Wildman–Crippen MR) is 76.4 cm³/mol. The second-order valence-corrected chi connectivity index (χ2v) is 5.64. The molecule has 1 aliphatic carbocycles. The molecule has 18 heavy (non-hydrogen) atoms. The molecule has 104 valence electrons. The lowest BCUT2D eigenvalue weighted by molar-refractivity contribution is 0.152. The normalized spacial score (nSPS) is 20.6. The minimum absolute atomic E-state index is 0.364. The highest BCUT2D eigenvalue weighted by Crippen LogP contribution is 2.23. The SMILES string of the molecule is CCNC(C)(C#N)CCN(CC)C1CCCCC1. The van der Waals surface area contributed by atoms with Crippen molar-refractivity contribution in [2.45, 2.75) is 70.9 Å². The van der Waals surface area contributed by atoms with E-state index in [0.29, 0.717) is 0 Å². The molecule has 0 radical (unpaired) electrons. The van der Waals surface area contributed by atoms with Crippen molar-refractivity contribution < 1.29 is 0 Å². The zero-order valence-corrected chi connectivity index (χ0v) is 12.3. The highest BCUT2D eigenvalue weighted by atomic mass is 15.2. The van der Waals surface area contributed by atoms with E-state index in [1.165, 1.54) is 32.1 Å². The van der Waals surface area contributed by atoms with Crippen LogP contribution in [0.3, 0.4) is 0 Å². The van der Waals surface area contributed by atoms with Crippen molar-refractivity contribution in [1.29, 1.82) is 5.26 Å². The molecule has 1 saturated carbocycles. The van der Waals surface area contributed by atoms with Crippen molar-refractivity contribution in [1.82, 2.24) is 10.2 Å². The van der Waals surface area contributed by atoms with Gasteiger partial charge in [-0.3, -0.25) is 5.32 Å². The maximum absolute atomic E-state index is 9.28. The van der Waals surface area contributed by atoms with Gasteiger partial charge in [0.2, 0.25) is 0 Å². The van der Waals surface area contributed by atoms with Crippen LogP contribution in [0.4, 0.5) is 0 Å². The van der Waals surface area contributed by atoms with Crippen LogP contribution < -0.4 is 5.32 Å². The fraction of sp³-hybridized carbons (Fsp3) is 0.933. The Labute approximate surface area is 113 Å². The molecule has 0 spiro atoms. The van der Waals surface area contributed by atoms with Gasteiger partial charge in [0, 0.05) is 12.6 Å². The van der Waals surface area contributed by atoms with Gasteiger partial charge in [-0.05, 0) is 39.3 Å². The Morgan fingerprint density at radius 2 is 1.94 bits per heavy atom. The Hall–Kier alpha value is -0.590.